The van der Waals surface area contributed by atoms with Crippen LogP contribution in [0.5, 0.6) is 0 Å². The molecule has 4 rings (SSSR count). The van der Waals surface area contributed by atoms with Crippen LogP contribution < -0.4 is 27.4 Å². The van der Waals surface area contributed by atoms with Gasteiger partial charge in [-0.3, -0.25) is 10.7 Å². The van der Waals surface area contributed by atoms with E-state index in [4.69, 9.17) is 11.5 Å². The van der Waals surface area contributed by atoms with Crippen molar-refractivity contribution in [3.05, 3.63) is 17.3 Å². The van der Waals surface area contributed by atoms with E-state index < -0.39 is 0 Å². The third kappa shape index (κ3) is 4.19. The third-order valence-corrected chi connectivity index (χ3v) is 3.29. The van der Waals surface area contributed by atoms with E-state index >= 15 is 0 Å². The summed E-state index contributed by atoms with van der Waals surface area (Å²) in [6.45, 7) is 1.25. The summed E-state index contributed by atoms with van der Waals surface area (Å²) in [5, 5.41) is 12.3. The van der Waals surface area contributed by atoms with Crippen LogP contribution in [0.25, 0.3) is 5.32 Å². The molecule has 0 aliphatic carbocycles. The minimum atomic E-state index is 0. The molecule has 0 bridgehead atoms. The Morgan fingerprint density at radius 3 is 2.91 bits per heavy atom. The zero-order valence-electron chi connectivity index (χ0n) is 11.4. The van der Waals surface area contributed by atoms with Gasteiger partial charge in [0.1, 0.15) is 18.2 Å². The number of aliphatic imine (C=N–C) groups is 2. The van der Waals surface area contributed by atoms with Crippen LogP contribution in [0.2, 0.25) is 0 Å². The number of anilines is 1. The minimum Gasteiger partial charge on any atom is -0.589 e. The first-order valence-corrected chi connectivity index (χ1v) is 6.36. The predicted molar refractivity (Wildman–Crippen MR) is 75.1 cm³/mol. The molecule has 0 amide bonds. The van der Waals surface area contributed by atoms with Crippen LogP contribution >= 0.6 is 0 Å². The Morgan fingerprint density at radius 1 is 1.36 bits per heavy atom. The van der Waals surface area contributed by atoms with E-state index in [1.807, 2.05) is 5.32 Å². The Balaban J connectivity index is 0.000000202. The molecule has 1 fully saturated rings. The zero-order chi connectivity index (χ0) is 13.9. The van der Waals surface area contributed by atoms with Gasteiger partial charge in [-0.15, -0.1) is 0 Å². The molecular formula is C10H18Ag2N10. The average molecular weight is 494 g/mol. The molecule has 12 heteroatoms. The van der Waals surface area contributed by atoms with Gasteiger partial charge in [0.2, 0.25) is 0 Å². The molecule has 1 saturated heterocycles. The van der Waals surface area contributed by atoms with Gasteiger partial charge in [-0.25, -0.2) is 9.98 Å². The maximum Gasteiger partial charge on any atom is 0.156 e. The normalized spacial score (nSPS) is 27.3. The van der Waals surface area contributed by atoms with Crippen LogP contribution in [0.15, 0.2) is 16.3 Å². The summed E-state index contributed by atoms with van der Waals surface area (Å²) in [6.07, 6.45) is 3.45. The number of aromatic nitrogens is 2. The van der Waals surface area contributed by atoms with Crippen molar-refractivity contribution in [2.75, 3.05) is 18.7 Å². The number of amidine groups is 1. The number of nitrogens with one attached hydrogen (secondary N) is 3. The van der Waals surface area contributed by atoms with E-state index in [1.165, 1.54) is 0 Å². The van der Waals surface area contributed by atoms with Crippen molar-refractivity contribution in [2.24, 2.45) is 21.5 Å². The number of aromatic amines is 1. The average Bonchev–Trinajstić information content (AvgIpc) is 3.08. The largest absolute Gasteiger partial charge is 0.589 e. The smallest absolute Gasteiger partial charge is 0.156 e. The van der Waals surface area contributed by atoms with Gasteiger partial charge in [-0.05, 0) is 12.8 Å². The molecule has 4 heterocycles. The fourth-order valence-corrected chi connectivity index (χ4v) is 2.19. The van der Waals surface area contributed by atoms with Crippen molar-refractivity contribution >= 4 is 18.0 Å². The standard InChI is InChI=1S/C5H10N5.C5H7N5.2Ag/c2*6-4-3-5(9-1-7-3)10-2-8-4;;/h1,3-5,8H,2,6H2,(H,7,9);1,10H,2H2,(H2,6,8)(H,7,9);;/q-1;;;/p+1. The molecule has 0 aromatic carbocycles. The number of rotatable bonds is 0. The van der Waals surface area contributed by atoms with Crippen molar-refractivity contribution in [1.29, 1.82) is 0 Å². The van der Waals surface area contributed by atoms with Crippen molar-refractivity contribution in [2.45, 2.75) is 18.4 Å². The van der Waals surface area contributed by atoms with Crippen LogP contribution in [0.3, 0.4) is 0 Å². The van der Waals surface area contributed by atoms with Crippen LogP contribution in [0, 0.1) is 0 Å². The molecule has 1 aromatic rings. The number of imidazole rings is 1. The van der Waals surface area contributed by atoms with E-state index in [2.05, 4.69) is 35.9 Å². The molecule has 10 nitrogen and oxygen atoms in total. The fraction of sp³-hybridized carbons (Fsp3) is 0.500. The first-order valence-electron chi connectivity index (χ1n) is 6.36. The monoisotopic (exact) mass is 492 g/mol. The SMILES string of the molecule is NC1=NCNc2nc[nH]c21.NC1[NH2+]C[N-]C2N=CNC21.[Ag].[Ag]. The molecule has 0 saturated carbocycles. The van der Waals surface area contributed by atoms with Gasteiger partial charge >= 0.3 is 0 Å². The molecule has 3 unspecified atom stereocenters. The molecule has 3 atom stereocenters. The summed E-state index contributed by atoms with van der Waals surface area (Å²) in [5.41, 5.74) is 12.1. The second-order valence-corrected chi connectivity index (χ2v) is 4.57. The summed E-state index contributed by atoms with van der Waals surface area (Å²) in [6, 6.07) is 0.216. The Bertz CT molecular complexity index is 530. The van der Waals surface area contributed by atoms with Crippen molar-refractivity contribution in [3.63, 3.8) is 0 Å². The summed E-state index contributed by atoms with van der Waals surface area (Å²) in [5.74, 6) is 1.30. The Labute approximate surface area is 158 Å². The van der Waals surface area contributed by atoms with Crippen LogP contribution in [0.1, 0.15) is 5.69 Å². The second-order valence-electron chi connectivity index (χ2n) is 4.57. The van der Waals surface area contributed by atoms with Crippen molar-refractivity contribution in [3.8, 4) is 0 Å². The van der Waals surface area contributed by atoms with Crippen LogP contribution in [-0.2, 0) is 44.8 Å². The van der Waals surface area contributed by atoms with Gasteiger partial charge in [0.15, 0.2) is 12.0 Å². The first-order chi connectivity index (χ1) is 9.75. The molecule has 3 aliphatic rings. The third-order valence-electron chi connectivity index (χ3n) is 3.29. The van der Waals surface area contributed by atoms with Crippen LogP contribution in [0.4, 0.5) is 5.82 Å². The molecule has 9 N–H and O–H groups in total. The van der Waals surface area contributed by atoms with E-state index in [1.54, 1.807) is 12.7 Å². The number of nitrogens with two attached hydrogens (primary N) is 3. The number of hydrogen-bond acceptors (Lipinski definition) is 7. The fourth-order valence-electron chi connectivity index (χ4n) is 2.19. The quantitative estimate of drug-likeness (QED) is 0.212. The number of hydrogen-bond donors (Lipinski definition) is 6. The van der Waals surface area contributed by atoms with Gasteiger partial charge < -0.3 is 32.0 Å². The van der Waals surface area contributed by atoms with Crippen LogP contribution in [-0.4, -0.2) is 53.9 Å². The summed E-state index contributed by atoms with van der Waals surface area (Å²) < 4.78 is 0. The summed E-state index contributed by atoms with van der Waals surface area (Å²) >= 11 is 0. The molecule has 3 aliphatic heterocycles. The number of quaternary nitrogens is 1. The Hall–Kier alpha value is -0.689. The summed E-state index contributed by atoms with van der Waals surface area (Å²) in [7, 11) is 0. The topological polar surface area (TPSA) is 160 Å². The molecule has 22 heavy (non-hydrogen) atoms. The Morgan fingerprint density at radius 2 is 2.18 bits per heavy atom. The molecule has 1 aromatic heterocycles. The van der Waals surface area contributed by atoms with Gasteiger partial charge in [-0.1, -0.05) is 0 Å². The van der Waals surface area contributed by atoms with E-state index in [-0.39, 0.29) is 63.1 Å². The van der Waals surface area contributed by atoms with Crippen molar-refractivity contribution in [1.82, 2.24) is 15.3 Å². The molecule has 2 radical (unpaired) electrons. The first kappa shape index (κ1) is 19.4. The number of fused-ring (bicyclic) bond motifs is 2. The van der Waals surface area contributed by atoms with Gasteiger partial charge in [0, 0.05) is 44.8 Å². The van der Waals surface area contributed by atoms with E-state index in [0.29, 0.717) is 12.5 Å². The van der Waals surface area contributed by atoms with Gasteiger partial charge in [0.25, 0.3) is 0 Å². The Kier molecular flexibility index (Phi) is 7.76. The predicted octanol–water partition coefficient (Wildman–Crippen LogP) is -3.00. The molecular weight excluding hydrogens is 476 g/mol. The maximum atomic E-state index is 5.76. The van der Waals surface area contributed by atoms with E-state index in [0.717, 1.165) is 18.2 Å². The number of nitrogens with zero attached hydrogens (tertiary/aromatic N) is 4. The minimum absolute atomic E-state index is 0. The molecule has 130 valence electrons. The second kappa shape index (κ2) is 8.82. The molecule has 0 spiro atoms. The number of H-pyrrole nitrogens is 1. The zero-order valence-corrected chi connectivity index (χ0v) is 14.4. The van der Waals surface area contributed by atoms with Gasteiger partial charge in [-0.2, -0.15) is 0 Å². The summed E-state index contributed by atoms with van der Waals surface area (Å²) in [4.78, 5) is 14.9. The van der Waals surface area contributed by atoms with Gasteiger partial charge in [0.05, 0.1) is 18.7 Å². The van der Waals surface area contributed by atoms with Crippen molar-refractivity contribution < 1.29 is 50.1 Å². The van der Waals surface area contributed by atoms with E-state index in [9.17, 15) is 0 Å². The maximum absolute atomic E-state index is 5.76.